The van der Waals surface area contributed by atoms with Crippen LogP contribution in [0.2, 0.25) is 0 Å². The van der Waals surface area contributed by atoms with Crippen LogP contribution in [0.15, 0.2) is 38.1 Å². The molecule has 0 spiro atoms. The number of hydrazone groups is 1. The fourth-order valence-electron chi connectivity index (χ4n) is 3.04. The third-order valence-corrected chi connectivity index (χ3v) is 4.42. The number of nitrogens with zero attached hydrogens (tertiary/aromatic N) is 4. The van der Waals surface area contributed by atoms with Crippen molar-refractivity contribution in [2.75, 3.05) is 0 Å². The molecular formula is C16H16F2N8O2. The smallest absolute Gasteiger partial charge is 0.325 e. The molecule has 1 aromatic carbocycles. The van der Waals surface area contributed by atoms with Gasteiger partial charge in [-0.25, -0.2) is 23.6 Å². The van der Waals surface area contributed by atoms with Crippen molar-refractivity contribution in [1.29, 1.82) is 0 Å². The third kappa shape index (κ3) is 3.31. The van der Waals surface area contributed by atoms with Gasteiger partial charge in [0.05, 0.1) is 12.2 Å². The van der Waals surface area contributed by atoms with Gasteiger partial charge in [0.1, 0.15) is 17.8 Å². The van der Waals surface area contributed by atoms with E-state index in [1.54, 1.807) is 6.21 Å². The summed E-state index contributed by atoms with van der Waals surface area (Å²) in [5, 5.41) is 18.4. The number of imidazole rings is 1. The molecule has 12 heteroatoms. The van der Waals surface area contributed by atoms with Gasteiger partial charge in [0.15, 0.2) is 0 Å². The van der Waals surface area contributed by atoms with E-state index < -0.39 is 23.5 Å². The van der Waals surface area contributed by atoms with Crippen LogP contribution in [0.25, 0.3) is 0 Å². The van der Waals surface area contributed by atoms with Gasteiger partial charge >= 0.3 is 5.69 Å². The molecule has 0 saturated carbocycles. The van der Waals surface area contributed by atoms with Crippen LogP contribution in [0, 0.1) is 17.6 Å². The average molecular weight is 390 g/mol. The highest BCUT2D eigenvalue weighted by atomic mass is 19.1. The van der Waals surface area contributed by atoms with Crippen LogP contribution in [0.5, 0.6) is 5.88 Å². The molecule has 0 saturated heterocycles. The molecule has 2 aromatic rings. The first-order valence-electron chi connectivity index (χ1n) is 8.33. The number of fused-ring (bicyclic) bond motifs is 1. The van der Waals surface area contributed by atoms with Crippen molar-refractivity contribution in [2.45, 2.75) is 19.1 Å². The van der Waals surface area contributed by atoms with Crippen molar-refractivity contribution in [3.63, 3.8) is 0 Å². The average Bonchev–Trinajstić information content (AvgIpc) is 3.18. The van der Waals surface area contributed by atoms with Gasteiger partial charge in [-0.2, -0.15) is 10.1 Å². The van der Waals surface area contributed by atoms with E-state index in [0.29, 0.717) is 5.69 Å². The molecule has 6 N–H and O–H groups in total. The van der Waals surface area contributed by atoms with Gasteiger partial charge in [-0.05, 0) is 6.07 Å². The highest BCUT2D eigenvalue weighted by Gasteiger charge is 2.37. The lowest BCUT2D eigenvalue weighted by molar-refractivity contribution is 0.276. The van der Waals surface area contributed by atoms with Gasteiger partial charge < -0.3 is 21.1 Å². The van der Waals surface area contributed by atoms with Crippen molar-refractivity contribution in [3.8, 4) is 5.88 Å². The van der Waals surface area contributed by atoms with E-state index >= 15 is 0 Å². The highest BCUT2D eigenvalue weighted by Crippen LogP contribution is 2.23. The summed E-state index contributed by atoms with van der Waals surface area (Å²) in [6, 6.07) is 3.24. The maximum atomic E-state index is 13.8. The summed E-state index contributed by atoms with van der Waals surface area (Å²) < 4.78 is 26.8. The number of nitrogens with one attached hydrogen (secondary N) is 3. The number of benzene rings is 1. The summed E-state index contributed by atoms with van der Waals surface area (Å²) >= 11 is 0. The Hall–Kier alpha value is -3.70. The van der Waals surface area contributed by atoms with Gasteiger partial charge in [0.25, 0.3) is 0 Å². The molecule has 4 rings (SSSR count). The number of hydrogen-bond donors (Lipinski definition) is 5. The predicted molar refractivity (Wildman–Crippen MR) is 96.6 cm³/mol. The molecule has 0 radical (unpaired) electrons. The van der Waals surface area contributed by atoms with Gasteiger partial charge in [0.2, 0.25) is 17.8 Å². The Balaban J connectivity index is 1.52. The Kier molecular flexibility index (Phi) is 4.29. The van der Waals surface area contributed by atoms with E-state index in [1.807, 2.05) is 0 Å². The molecule has 0 aliphatic carbocycles. The lowest BCUT2D eigenvalue weighted by atomic mass is 10.0. The molecule has 146 valence electrons. The van der Waals surface area contributed by atoms with Gasteiger partial charge in [0, 0.05) is 30.2 Å². The van der Waals surface area contributed by atoms with E-state index in [2.05, 4.69) is 30.4 Å². The number of H-pyrrole nitrogens is 2. The zero-order valence-electron chi connectivity index (χ0n) is 14.4. The number of halogens is 2. The zero-order valence-corrected chi connectivity index (χ0v) is 14.4. The molecule has 2 aliphatic heterocycles. The summed E-state index contributed by atoms with van der Waals surface area (Å²) in [5.74, 6) is -1.61. The summed E-state index contributed by atoms with van der Waals surface area (Å²) in [6.07, 6.45) is 1.44. The predicted octanol–water partition coefficient (Wildman–Crippen LogP) is -0.0529. The molecule has 0 amide bonds. The lowest BCUT2D eigenvalue weighted by Gasteiger charge is -2.31. The van der Waals surface area contributed by atoms with Crippen molar-refractivity contribution in [2.24, 2.45) is 26.7 Å². The second-order valence-electron chi connectivity index (χ2n) is 6.32. The minimum absolute atomic E-state index is 0.0601. The fourth-order valence-corrected chi connectivity index (χ4v) is 3.04. The summed E-state index contributed by atoms with van der Waals surface area (Å²) in [5.41, 5.74) is 5.95. The topological polar surface area (TPSA) is 147 Å². The monoisotopic (exact) mass is 390 g/mol. The zero-order chi connectivity index (χ0) is 19.8. The van der Waals surface area contributed by atoms with Crippen molar-refractivity contribution in [3.05, 3.63) is 51.6 Å². The van der Waals surface area contributed by atoms with E-state index in [4.69, 9.17) is 5.73 Å². The first kappa shape index (κ1) is 17.7. The van der Waals surface area contributed by atoms with Crippen molar-refractivity contribution >= 4 is 18.1 Å². The minimum Gasteiger partial charge on any atom is -0.493 e. The highest BCUT2D eigenvalue weighted by molar-refractivity contribution is 5.98. The fraction of sp³-hybridized carbons (Fsp3) is 0.250. The number of rotatable bonds is 4. The minimum atomic E-state index is -0.701. The maximum Gasteiger partial charge on any atom is 0.325 e. The number of aromatic hydroxyl groups is 1. The van der Waals surface area contributed by atoms with Crippen LogP contribution < -0.4 is 16.7 Å². The molecule has 10 nitrogen and oxygen atoms in total. The maximum absolute atomic E-state index is 13.8. The number of aliphatic imine (C=N–C) groups is 2. The molecule has 28 heavy (non-hydrogen) atoms. The molecule has 3 heterocycles. The summed E-state index contributed by atoms with van der Waals surface area (Å²) in [7, 11) is 0. The van der Waals surface area contributed by atoms with Crippen molar-refractivity contribution in [1.82, 2.24) is 20.3 Å². The Morgan fingerprint density at radius 2 is 2.14 bits per heavy atom. The second-order valence-corrected chi connectivity index (χ2v) is 6.32. The van der Waals surface area contributed by atoms with Gasteiger partial charge in [-0.1, -0.05) is 6.07 Å². The summed E-state index contributed by atoms with van der Waals surface area (Å²) in [6.45, 7) is -0.0601. The quantitative estimate of drug-likeness (QED) is 0.496. The van der Waals surface area contributed by atoms with Gasteiger partial charge in [-0.15, -0.1) is 0 Å². The van der Waals surface area contributed by atoms with E-state index in [-0.39, 0.29) is 42.2 Å². The molecule has 2 aliphatic rings. The normalized spacial score (nSPS) is 22.3. The SMILES string of the molecule is NC1=NC(=NCc2ccc(F)cc2F)NC2C(Cc3[nH]c(=O)[nH]c3O)C=NN12. The standard InChI is InChI=1S/C16H16F2N8O2/c17-9-2-1-7(10(18)4-9)5-20-15-23-12-8(6-21-26(12)14(19)25-15)3-11-13(27)24-16(28)22-11/h1-2,4,6,8,12,27H,3,5H2,(H2,22,24,28)(H3,19,20,23,25). The first-order valence-corrected chi connectivity index (χ1v) is 8.33. The molecule has 2 atom stereocenters. The molecule has 0 fully saturated rings. The van der Waals surface area contributed by atoms with E-state index in [0.717, 1.165) is 12.1 Å². The van der Waals surface area contributed by atoms with Crippen LogP contribution in [0.4, 0.5) is 8.78 Å². The largest absolute Gasteiger partial charge is 0.493 e. The van der Waals surface area contributed by atoms with Crippen LogP contribution >= 0.6 is 0 Å². The van der Waals surface area contributed by atoms with Crippen LogP contribution in [0.1, 0.15) is 11.3 Å². The third-order valence-electron chi connectivity index (χ3n) is 4.42. The number of nitrogens with two attached hydrogens (primary N) is 1. The van der Waals surface area contributed by atoms with E-state index in [1.165, 1.54) is 11.1 Å². The Morgan fingerprint density at radius 3 is 2.86 bits per heavy atom. The number of aromatic amines is 2. The first-order chi connectivity index (χ1) is 13.4. The second kappa shape index (κ2) is 6.79. The number of hydrogen-bond acceptors (Lipinski definition) is 6. The number of guanidine groups is 2. The van der Waals surface area contributed by atoms with Crippen LogP contribution in [-0.4, -0.2) is 44.4 Å². The lowest BCUT2D eigenvalue weighted by Crippen LogP contribution is -2.56. The Morgan fingerprint density at radius 1 is 1.32 bits per heavy atom. The van der Waals surface area contributed by atoms with E-state index in [9.17, 15) is 18.7 Å². The molecule has 1 aromatic heterocycles. The Bertz CT molecular complexity index is 1060. The molecular weight excluding hydrogens is 374 g/mol. The van der Waals surface area contributed by atoms with Crippen LogP contribution in [-0.2, 0) is 13.0 Å². The van der Waals surface area contributed by atoms with Crippen LogP contribution in [0.3, 0.4) is 0 Å². The molecule has 2 unspecified atom stereocenters. The van der Waals surface area contributed by atoms with Crippen molar-refractivity contribution < 1.29 is 13.9 Å². The number of aromatic nitrogens is 2. The Labute approximate surface area is 156 Å². The van der Waals surface area contributed by atoms with Gasteiger partial charge in [-0.3, -0.25) is 4.98 Å². The summed E-state index contributed by atoms with van der Waals surface area (Å²) in [4.78, 5) is 24.3. The molecule has 0 bridgehead atoms.